The van der Waals surface area contributed by atoms with Crippen molar-refractivity contribution < 1.29 is 4.79 Å². The van der Waals surface area contributed by atoms with Gasteiger partial charge in [-0.05, 0) is 44.8 Å². The molecule has 4 saturated heterocycles. The first-order chi connectivity index (χ1) is 8.29. The van der Waals surface area contributed by atoms with Crippen molar-refractivity contribution >= 4 is 5.91 Å². The van der Waals surface area contributed by atoms with Crippen molar-refractivity contribution in [2.75, 3.05) is 32.7 Å². The van der Waals surface area contributed by atoms with E-state index in [1.807, 2.05) is 0 Å². The number of carbonyl (C=O) groups is 1. The third kappa shape index (κ3) is 1.97. The number of piperidine rings is 3. The van der Waals surface area contributed by atoms with Crippen LogP contribution in [-0.4, -0.2) is 60.5 Å². The van der Waals surface area contributed by atoms with Crippen LogP contribution < -0.4 is 5.32 Å². The number of rotatable bonds is 3. The van der Waals surface area contributed by atoms with Crippen molar-refractivity contribution in [3.05, 3.63) is 0 Å². The molecule has 0 saturated carbocycles. The van der Waals surface area contributed by atoms with Gasteiger partial charge in [0, 0.05) is 19.1 Å². The highest BCUT2D eigenvalue weighted by molar-refractivity contribution is 5.84. The summed E-state index contributed by atoms with van der Waals surface area (Å²) >= 11 is 0. The highest BCUT2D eigenvalue weighted by Gasteiger charge is 2.43. The van der Waals surface area contributed by atoms with Gasteiger partial charge in [-0.1, -0.05) is 6.92 Å². The van der Waals surface area contributed by atoms with E-state index in [-0.39, 0.29) is 6.04 Å². The van der Waals surface area contributed by atoms with Crippen LogP contribution in [-0.2, 0) is 4.79 Å². The molecule has 4 nitrogen and oxygen atoms in total. The fourth-order valence-corrected chi connectivity index (χ4v) is 3.75. The number of hydrogen-bond acceptors (Lipinski definition) is 3. The zero-order valence-electron chi connectivity index (χ0n) is 10.7. The second-order valence-electron chi connectivity index (χ2n) is 5.64. The minimum Gasteiger partial charge on any atom is -0.337 e. The summed E-state index contributed by atoms with van der Waals surface area (Å²) in [4.78, 5) is 17.0. The zero-order chi connectivity index (χ0) is 11.8. The van der Waals surface area contributed by atoms with Crippen LogP contribution in [0, 0.1) is 5.92 Å². The second-order valence-corrected chi connectivity index (χ2v) is 5.64. The van der Waals surface area contributed by atoms with Gasteiger partial charge in [-0.25, -0.2) is 0 Å². The minimum absolute atomic E-state index is 0.0930. The molecule has 4 heteroatoms. The molecule has 4 rings (SSSR count). The molecule has 0 aromatic heterocycles. The number of carbonyl (C=O) groups excluding carboxylic acids is 1. The van der Waals surface area contributed by atoms with Crippen LogP contribution in [0.15, 0.2) is 0 Å². The average Bonchev–Trinajstić information content (AvgIpc) is 2.73. The highest BCUT2D eigenvalue weighted by atomic mass is 16.2. The summed E-state index contributed by atoms with van der Waals surface area (Å²) in [7, 11) is 0. The minimum atomic E-state index is 0.0930. The van der Waals surface area contributed by atoms with Crippen LogP contribution in [0.1, 0.15) is 26.2 Å². The summed E-state index contributed by atoms with van der Waals surface area (Å²) < 4.78 is 0. The van der Waals surface area contributed by atoms with Crippen molar-refractivity contribution in [1.82, 2.24) is 15.1 Å². The van der Waals surface area contributed by atoms with E-state index < -0.39 is 0 Å². The molecular formula is C13H23N3O. The molecule has 0 radical (unpaired) electrons. The quantitative estimate of drug-likeness (QED) is 0.766. The summed E-state index contributed by atoms with van der Waals surface area (Å²) in [6.45, 7) is 7.55. The Balaban J connectivity index is 1.67. The summed E-state index contributed by atoms with van der Waals surface area (Å²) in [6, 6.07) is 0.601. The molecule has 4 aliphatic heterocycles. The molecule has 1 amide bonds. The van der Waals surface area contributed by atoms with Crippen LogP contribution >= 0.6 is 0 Å². The van der Waals surface area contributed by atoms with E-state index in [0.717, 1.165) is 32.0 Å². The Bertz CT molecular complexity index is 299. The Morgan fingerprint density at radius 1 is 1.24 bits per heavy atom. The van der Waals surface area contributed by atoms with E-state index in [1.165, 1.54) is 25.9 Å². The zero-order valence-corrected chi connectivity index (χ0v) is 10.7. The molecule has 0 aromatic carbocycles. The first kappa shape index (κ1) is 11.5. The van der Waals surface area contributed by atoms with Gasteiger partial charge >= 0.3 is 0 Å². The van der Waals surface area contributed by atoms with E-state index in [0.29, 0.717) is 11.9 Å². The normalized spacial score (nSPS) is 41.2. The van der Waals surface area contributed by atoms with Crippen molar-refractivity contribution in [3.63, 3.8) is 0 Å². The lowest BCUT2D eigenvalue weighted by Crippen LogP contribution is -2.58. The van der Waals surface area contributed by atoms with Crippen LogP contribution in [0.3, 0.4) is 0 Å². The number of amides is 1. The largest absolute Gasteiger partial charge is 0.337 e. The maximum Gasteiger partial charge on any atom is 0.240 e. The Hall–Kier alpha value is -0.610. The lowest BCUT2D eigenvalue weighted by molar-refractivity contribution is -0.135. The molecule has 4 heterocycles. The standard InChI is InChI=1S/C13H23N3O/c1-2-14-11-5-8-16(13(11)17)12-9-15-6-3-10(12)4-7-15/h10-12,14H,2-9H2,1H3. The number of nitrogens with one attached hydrogen (secondary N) is 1. The molecule has 17 heavy (non-hydrogen) atoms. The van der Waals surface area contributed by atoms with E-state index in [4.69, 9.17) is 0 Å². The Labute approximate surface area is 103 Å². The maximum atomic E-state index is 12.3. The molecule has 0 aliphatic carbocycles. The SMILES string of the molecule is CCNC1CCN(C2CN3CCC2CC3)C1=O. The highest BCUT2D eigenvalue weighted by Crippen LogP contribution is 2.32. The smallest absolute Gasteiger partial charge is 0.240 e. The van der Waals surface area contributed by atoms with E-state index in [2.05, 4.69) is 22.0 Å². The van der Waals surface area contributed by atoms with Crippen LogP contribution in [0.25, 0.3) is 0 Å². The number of hydrogen-bond donors (Lipinski definition) is 1. The molecule has 2 bridgehead atoms. The molecule has 4 aliphatic rings. The maximum absolute atomic E-state index is 12.3. The molecule has 0 aromatic rings. The molecule has 1 N–H and O–H groups in total. The summed E-state index contributed by atoms with van der Waals surface area (Å²) in [6.07, 6.45) is 3.58. The van der Waals surface area contributed by atoms with Gasteiger partial charge in [0.1, 0.15) is 0 Å². The van der Waals surface area contributed by atoms with Gasteiger partial charge < -0.3 is 15.1 Å². The van der Waals surface area contributed by atoms with Crippen molar-refractivity contribution in [3.8, 4) is 0 Å². The van der Waals surface area contributed by atoms with Crippen LogP contribution in [0.5, 0.6) is 0 Å². The van der Waals surface area contributed by atoms with Gasteiger partial charge in [0.15, 0.2) is 0 Å². The Morgan fingerprint density at radius 2 is 2.00 bits per heavy atom. The number of likely N-dealkylation sites (tertiary alicyclic amines) is 1. The van der Waals surface area contributed by atoms with E-state index >= 15 is 0 Å². The molecule has 96 valence electrons. The van der Waals surface area contributed by atoms with Gasteiger partial charge in [0.2, 0.25) is 5.91 Å². The number of likely N-dealkylation sites (N-methyl/N-ethyl adjacent to an activating group) is 1. The van der Waals surface area contributed by atoms with Gasteiger partial charge in [-0.15, -0.1) is 0 Å². The first-order valence-electron chi connectivity index (χ1n) is 7.06. The fourth-order valence-electron chi connectivity index (χ4n) is 3.75. The molecular weight excluding hydrogens is 214 g/mol. The lowest BCUT2D eigenvalue weighted by Gasteiger charge is -2.48. The van der Waals surface area contributed by atoms with E-state index in [1.54, 1.807) is 0 Å². The second kappa shape index (κ2) is 4.58. The monoisotopic (exact) mass is 237 g/mol. The summed E-state index contributed by atoms with van der Waals surface area (Å²) in [5.41, 5.74) is 0. The fraction of sp³-hybridized carbons (Fsp3) is 0.923. The van der Waals surface area contributed by atoms with Crippen molar-refractivity contribution in [2.45, 2.75) is 38.3 Å². The number of nitrogens with zero attached hydrogens (tertiary/aromatic N) is 2. The lowest BCUT2D eigenvalue weighted by atomic mass is 9.83. The Morgan fingerprint density at radius 3 is 2.59 bits per heavy atom. The molecule has 2 atom stereocenters. The molecule has 0 spiro atoms. The predicted octanol–water partition coefficient (Wildman–Crippen LogP) is 0.291. The molecule has 2 unspecified atom stereocenters. The Kier molecular flexibility index (Phi) is 3.09. The van der Waals surface area contributed by atoms with Crippen molar-refractivity contribution in [1.29, 1.82) is 0 Å². The van der Waals surface area contributed by atoms with Crippen LogP contribution in [0.2, 0.25) is 0 Å². The van der Waals surface area contributed by atoms with Gasteiger partial charge in [0.25, 0.3) is 0 Å². The first-order valence-corrected chi connectivity index (χ1v) is 7.06. The van der Waals surface area contributed by atoms with E-state index in [9.17, 15) is 4.79 Å². The average molecular weight is 237 g/mol. The third-order valence-corrected chi connectivity index (χ3v) is 4.71. The van der Waals surface area contributed by atoms with Gasteiger partial charge in [-0.3, -0.25) is 4.79 Å². The van der Waals surface area contributed by atoms with Crippen LogP contribution in [0.4, 0.5) is 0 Å². The number of fused-ring (bicyclic) bond motifs is 3. The summed E-state index contributed by atoms with van der Waals surface area (Å²) in [5.74, 6) is 1.12. The summed E-state index contributed by atoms with van der Waals surface area (Å²) in [5, 5.41) is 3.30. The predicted molar refractivity (Wildman–Crippen MR) is 66.7 cm³/mol. The molecule has 4 fully saturated rings. The van der Waals surface area contributed by atoms with Gasteiger partial charge in [-0.2, -0.15) is 0 Å². The third-order valence-electron chi connectivity index (χ3n) is 4.71. The van der Waals surface area contributed by atoms with Gasteiger partial charge in [0.05, 0.1) is 6.04 Å². The van der Waals surface area contributed by atoms with Crippen molar-refractivity contribution in [2.24, 2.45) is 5.92 Å². The topological polar surface area (TPSA) is 35.6 Å².